The Morgan fingerprint density at radius 3 is 2.54 bits per heavy atom. The van der Waals surface area contributed by atoms with Crippen LogP contribution in [0.4, 0.5) is 15.8 Å². The molecule has 126 valence electrons. The van der Waals surface area contributed by atoms with E-state index in [4.69, 9.17) is 27.9 Å². The molecule has 0 aliphatic heterocycles. The summed E-state index contributed by atoms with van der Waals surface area (Å²) in [6.07, 6.45) is 0. The van der Waals surface area contributed by atoms with E-state index >= 15 is 0 Å². The first kappa shape index (κ1) is 18.0. The third-order valence-electron chi connectivity index (χ3n) is 2.81. The fourth-order valence-electron chi connectivity index (χ4n) is 1.82. The molecule has 0 aliphatic rings. The van der Waals surface area contributed by atoms with Gasteiger partial charge in [-0.3, -0.25) is 9.59 Å². The van der Waals surface area contributed by atoms with Crippen molar-refractivity contribution in [1.82, 2.24) is 0 Å². The molecule has 0 heterocycles. The maximum absolute atomic E-state index is 13.7. The summed E-state index contributed by atoms with van der Waals surface area (Å²) >= 11 is 11.7. The Morgan fingerprint density at radius 1 is 1.12 bits per heavy atom. The van der Waals surface area contributed by atoms with Crippen LogP contribution in [0.15, 0.2) is 36.4 Å². The highest BCUT2D eigenvalue weighted by atomic mass is 35.5. The Labute approximate surface area is 147 Å². The van der Waals surface area contributed by atoms with Gasteiger partial charge in [0.2, 0.25) is 5.91 Å². The number of ether oxygens (including phenoxy) is 1. The number of anilines is 2. The zero-order valence-electron chi connectivity index (χ0n) is 12.5. The van der Waals surface area contributed by atoms with Crippen LogP contribution < -0.4 is 15.4 Å². The summed E-state index contributed by atoms with van der Waals surface area (Å²) in [7, 11) is 0. The summed E-state index contributed by atoms with van der Waals surface area (Å²) in [5, 5.41) is 5.56. The summed E-state index contributed by atoms with van der Waals surface area (Å²) in [5.74, 6) is -1.25. The number of carbonyl (C=O) groups is 2. The number of hydrogen-bond acceptors (Lipinski definition) is 3. The highest BCUT2D eigenvalue weighted by Crippen LogP contribution is 2.27. The van der Waals surface area contributed by atoms with Gasteiger partial charge in [-0.25, -0.2) is 4.39 Å². The van der Waals surface area contributed by atoms with E-state index in [1.54, 1.807) is 6.07 Å². The molecule has 2 N–H and O–H groups in total. The van der Waals surface area contributed by atoms with Crippen LogP contribution in [0.2, 0.25) is 10.0 Å². The lowest BCUT2D eigenvalue weighted by molar-refractivity contribution is -0.118. The number of halogens is 3. The van der Waals surface area contributed by atoms with Gasteiger partial charge in [0.15, 0.2) is 6.61 Å². The Kier molecular flexibility index (Phi) is 6.00. The van der Waals surface area contributed by atoms with E-state index in [1.807, 2.05) is 0 Å². The zero-order chi connectivity index (χ0) is 17.7. The average molecular weight is 371 g/mol. The van der Waals surface area contributed by atoms with Crippen molar-refractivity contribution < 1.29 is 18.7 Å². The van der Waals surface area contributed by atoms with E-state index in [0.717, 1.165) is 6.07 Å². The lowest BCUT2D eigenvalue weighted by Crippen LogP contribution is -2.21. The second kappa shape index (κ2) is 7.99. The fraction of sp³-hybridized carbons (Fsp3) is 0.125. The molecule has 0 atom stereocenters. The predicted octanol–water partition coefficient (Wildman–Crippen LogP) is 4.11. The van der Waals surface area contributed by atoms with Gasteiger partial charge in [0, 0.05) is 17.6 Å². The Bertz CT molecular complexity index is 784. The highest BCUT2D eigenvalue weighted by Gasteiger charge is 2.11. The first-order valence-electron chi connectivity index (χ1n) is 6.80. The van der Waals surface area contributed by atoms with Crippen molar-refractivity contribution in [3.8, 4) is 5.75 Å². The van der Waals surface area contributed by atoms with Gasteiger partial charge in [-0.05, 0) is 36.4 Å². The number of hydrogen-bond donors (Lipinski definition) is 2. The largest absolute Gasteiger partial charge is 0.482 e. The molecule has 0 saturated heterocycles. The zero-order valence-corrected chi connectivity index (χ0v) is 14.0. The van der Waals surface area contributed by atoms with Gasteiger partial charge in [0.25, 0.3) is 5.91 Å². The number of amides is 2. The normalized spacial score (nSPS) is 10.2. The van der Waals surface area contributed by atoms with Crippen LogP contribution >= 0.6 is 23.2 Å². The van der Waals surface area contributed by atoms with Crippen molar-refractivity contribution in [3.63, 3.8) is 0 Å². The summed E-state index contributed by atoms with van der Waals surface area (Å²) < 4.78 is 19.0. The van der Waals surface area contributed by atoms with E-state index in [0.29, 0.717) is 10.7 Å². The minimum Gasteiger partial charge on any atom is -0.482 e. The van der Waals surface area contributed by atoms with Crippen molar-refractivity contribution in [2.24, 2.45) is 0 Å². The molecule has 0 radical (unpaired) electrons. The fourth-order valence-corrected chi connectivity index (χ4v) is 2.29. The van der Waals surface area contributed by atoms with E-state index in [1.165, 1.54) is 31.2 Å². The standard InChI is InChI=1S/C16H13Cl2FN2O3/c1-9(22)20-11-3-4-13(19)14(7-11)21-16(23)8-24-15-5-2-10(17)6-12(15)18/h2-7H,8H2,1H3,(H,20,22)(H,21,23). The lowest BCUT2D eigenvalue weighted by atomic mass is 10.2. The van der Waals surface area contributed by atoms with E-state index in [-0.39, 0.29) is 29.0 Å². The van der Waals surface area contributed by atoms with Gasteiger partial charge >= 0.3 is 0 Å². The molecular weight excluding hydrogens is 358 g/mol. The van der Waals surface area contributed by atoms with Crippen LogP contribution in [0.3, 0.4) is 0 Å². The molecule has 0 aromatic heterocycles. The van der Waals surface area contributed by atoms with Crippen molar-refractivity contribution in [2.75, 3.05) is 17.2 Å². The SMILES string of the molecule is CC(=O)Nc1ccc(F)c(NC(=O)COc2ccc(Cl)cc2Cl)c1. The summed E-state index contributed by atoms with van der Waals surface area (Å²) in [5.41, 5.74) is 0.290. The number of rotatable bonds is 5. The molecule has 8 heteroatoms. The molecule has 24 heavy (non-hydrogen) atoms. The Morgan fingerprint density at radius 2 is 1.88 bits per heavy atom. The molecule has 2 rings (SSSR count). The van der Waals surface area contributed by atoms with E-state index < -0.39 is 11.7 Å². The average Bonchev–Trinajstić information content (AvgIpc) is 2.49. The summed E-state index contributed by atoms with van der Waals surface area (Å²) in [6, 6.07) is 8.40. The molecule has 0 fully saturated rings. The smallest absolute Gasteiger partial charge is 0.262 e. The Hall–Kier alpha value is -2.31. The quantitative estimate of drug-likeness (QED) is 0.831. The molecule has 2 amide bonds. The third kappa shape index (κ3) is 5.11. The molecule has 0 saturated carbocycles. The minimum absolute atomic E-state index is 0.0722. The molecule has 2 aromatic carbocycles. The maximum atomic E-state index is 13.7. The second-order valence-electron chi connectivity index (χ2n) is 4.79. The topological polar surface area (TPSA) is 67.4 Å². The van der Waals surface area contributed by atoms with Crippen LogP contribution in [0, 0.1) is 5.82 Å². The van der Waals surface area contributed by atoms with Crippen molar-refractivity contribution in [2.45, 2.75) is 6.92 Å². The number of nitrogens with one attached hydrogen (secondary N) is 2. The monoisotopic (exact) mass is 370 g/mol. The molecule has 0 aliphatic carbocycles. The molecule has 0 unspecified atom stereocenters. The van der Waals surface area contributed by atoms with Gasteiger partial charge in [-0.15, -0.1) is 0 Å². The first-order chi connectivity index (χ1) is 11.3. The van der Waals surface area contributed by atoms with Crippen molar-refractivity contribution in [3.05, 3.63) is 52.3 Å². The molecule has 0 spiro atoms. The van der Waals surface area contributed by atoms with Crippen LogP contribution in [-0.4, -0.2) is 18.4 Å². The molecule has 5 nitrogen and oxygen atoms in total. The van der Waals surface area contributed by atoms with Crippen molar-refractivity contribution >= 4 is 46.4 Å². The van der Waals surface area contributed by atoms with Gasteiger partial charge in [-0.1, -0.05) is 23.2 Å². The van der Waals surface area contributed by atoms with Crippen LogP contribution in [0.25, 0.3) is 0 Å². The summed E-state index contributed by atoms with van der Waals surface area (Å²) in [6.45, 7) is 0.955. The molecular formula is C16H13Cl2FN2O3. The van der Waals surface area contributed by atoms with Crippen LogP contribution in [-0.2, 0) is 9.59 Å². The van der Waals surface area contributed by atoms with Crippen LogP contribution in [0.5, 0.6) is 5.75 Å². The Balaban J connectivity index is 2.00. The maximum Gasteiger partial charge on any atom is 0.262 e. The van der Waals surface area contributed by atoms with Gasteiger partial charge in [0.05, 0.1) is 10.7 Å². The minimum atomic E-state index is -0.637. The predicted molar refractivity (Wildman–Crippen MR) is 91.3 cm³/mol. The van der Waals surface area contributed by atoms with Gasteiger partial charge in [-0.2, -0.15) is 0 Å². The van der Waals surface area contributed by atoms with Gasteiger partial charge < -0.3 is 15.4 Å². The highest BCUT2D eigenvalue weighted by molar-refractivity contribution is 6.35. The molecule has 0 bridgehead atoms. The second-order valence-corrected chi connectivity index (χ2v) is 5.63. The van der Waals surface area contributed by atoms with Gasteiger partial charge in [0.1, 0.15) is 11.6 Å². The third-order valence-corrected chi connectivity index (χ3v) is 3.34. The van der Waals surface area contributed by atoms with E-state index in [9.17, 15) is 14.0 Å². The first-order valence-corrected chi connectivity index (χ1v) is 7.55. The number of benzene rings is 2. The van der Waals surface area contributed by atoms with Crippen molar-refractivity contribution in [1.29, 1.82) is 0 Å². The van der Waals surface area contributed by atoms with E-state index in [2.05, 4.69) is 10.6 Å². The van der Waals surface area contributed by atoms with Crippen LogP contribution in [0.1, 0.15) is 6.92 Å². The summed E-state index contributed by atoms with van der Waals surface area (Å²) in [4.78, 5) is 22.9. The lowest BCUT2D eigenvalue weighted by Gasteiger charge is -2.11. The number of carbonyl (C=O) groups excluding carboxylic acids is 2. The molecule has 2 aromatic rings.